The Balaban J connectivity index is 2.26. The van der Waals surface area contributed by atoms with Crippen molar-refractivity contribution in [1.29, 1.82) is 0 Å². The summed E-state index contributed by atoms with van der Waals surface area (Å²) in [6, 6.07) is 5.58. The van der Waals surface area contributed by atoms with Crippen molar-refractivity contribution in [3.05, 3.63) is 34.7 Å². The highest BCUT2D eigenvalue weighted by molar-refractivity contribution is 8.26. The molecule has 0 radical (unpaired) electrons. The average Bonchev–Trinajstić information content (AvgIpc) is 2.87. The highest BCUT2D eigenvalue weighted by Gasteiger charge is 2.42. The number of thiocarbonyl (C=S) groups is 1. The van der Waals surface area contributed by atoms with E-state index in [9.17, 15) is 19.5 Å². The molecule has 0 aliphatic carbocycles. The smallest absolute Gasteiger partial charge is 0.341 e. The van der Waals surface area contributed by atoms with Gasteiger partial charge in [-0.05, 0) is 29.7 Å². The molecular formula is C18H19NO6S2. The van der Waals surface area contributed by atoms with Crippen LogP contribution >= 0.6 is 24.0 Å². The molecule has 1 heterocycles. The van der Waals surface area contributed by atoms with Gasteiger partial charge in [-0.3, -0.25) is 9.69 Å². The molecule has 2 rings (SSSR count). The van der Waals surface area contributed by atoms with Gasteiger partial charge in [0.05, 0.1) is 4.91 Å². The molecule has 1 saturated heterocycles. The lowest BCUT2D eigenvalue weighted by molar-refractivity contribution is -0.147. The van der Waals surface area contributed by atoms with Gasteiger partial charge >= 0.3 is 11.9 Å². The Morgan fingerprint density at radius 3 is 2.67 bits per heavy atom. The monoisotopic (exact) mass is 409 g/mol. The molecule has 0 saturated carbocycles. The fourth-order valence-corrected chi connectivity index (χ4v) is 3.87. The Morgan fingerprint density at radius 2 is 2.07 bits per heavy atom. The van der Waals surface area contributed by atoms with Crippen molar-refractivity contribution in [2.24, 2.45) is 5.92 Å². The Morgan fingerprint density at radius 1 is 1.37 bits per heavy atom. The van der Waals surface area contributed by atoms with E-state index in [-0.39, 0.29) is 10.2 Å². The van der Waals surface area contributed by atoms with Gasteiger partial charge in [-0.25, -0.2) is 9.59 Å². The van der Waals surface area contributed by atoms with E-state index >= 15 is 0 Å². The maximum atomic E-state index is 12.8. The van der Waals surface area contributed by atoms with E-state index in [4.69, 9.17) is 22.1 Å². The quantitative estimate of drug-likeness (QED) is 0.499. The Hall–Kier alpha value is -2.39. The molecule has 0 spiro atoms. The zero-order chi connectivity index (χ0) is 20.1. The topological polar surface area (TPSA) is 104 Å². The van der Waals surface area contributed by atoms with Crippen LogP contribution in [0.2, 0.25) is 0 Å². The molecule has 1 amide bonds. The lowest BCUT2D eigenvalue weighted by Crippen LogP contribution is -2.47. The minimum absolute atomic E-state index is 0.206. The first kappa shape index (κ1) is 20.9. The summed E-state index contributed by atoms with van der Waals surface area (Å²) in [5.41, 5.74) is 0.619. The second-order valence-electron chi connectivity index (χ2n) is 5.98. The summed E-state index contributed by atoms with van der Waals surface area (Å²) in [6.07, 6.45) is 2.18. The molecule has 1 aliphatic rings. The van der Waals surface area contributed by atoms with Gasteiger partial charge in [0, 0.05) is 0 Å². The van der Waals surface area contributed by atoms with Crippen LogP contribution in [-0.4, -0.2) is 49.9 Å². The zero-order valence-electron chi connectivity index (χ0n) is 14.7. The number of carbonyl (C=O) groups excluding carboxylic acids is 1. The number of carboxylic acid groups (broad SMARTS) is 2. The Kier molecular flexibility index (Phi) is 6.98. The number of hydrogen-bond donors (Lipinski definition) is 2. The highest BCUT2D eigenvalue weighted by atomic mass is 32.2. The van der Waals surface area contributed by atoms with Crippen LogP contribution in [0.4, 0.5) is 0 Å². The number of ether oxygens (including phenoxy) is 1. The summed E-state index contributed by atoms with van der Waals surface area (Å²) in [4.78, 5) is 36.5. The maximum absolute atomic E-state index is 12.8. The molecule has 2 N–H and O–H groups in total. The first-order valence-electron chi connectivity index (χ1n) is 8.19. The normalized spacial score (nSPS) is 17.9. The van der Waals surface area contributed by atoms with Crippen LogP contribution in [0.15, 0.2) is 29.2 Å². The number of aliphatic carboxylic acids is 2. The number of benzene rings is 1. The van der Waals surface area contributed by atoms with E-state index in [0.29, 0.717) is 22.6 Å². The SMILES string of the molecule is CCC(C)C(C(=O)O)N1C(=O)/C(=C/c2cccc(OCC(=O)O)c2)SC1=S. The minimum Gasteiger partial charge on any atom is -0.482 e. The van der Waals surface area contributed by atoms with E-state index in [0.717, 1.165) is 16.7 Å². The molecule has 1 aromatic rings. The summed E-state index contributed by atoms with van der Waals surface area (Å²) in [6.45, 7) is 3.15. The van der Waals surface area contributed by atoms with Gasteiger partial charge in [-0.15, -0.1) is 0 Å². The number of thioether (sulfide) groups is 1. The molecule has 27 heavy (non-hydrogen) atoms. The fraction of sp³-hybridized carbons (Fsp3) is 0.333. The lowest BCUT2D eigenvalue weighted by Gasteiger charge is -2.27. The van der Waals surface area contributed by atoms with Crippen molar-refractivity contribution >= 4 is 52.2 Å². The second-order valence-corrected chi connectivity index (χ2v) is 7.65. The number of hydrogen-bond acceptors (Lipinski definition) is 6. The van der Waals surface area contributed by atoms with Crippen molar-refractivity contribution in [2.45, 2.75) is 26.3 Å². The van der Waals surface area contributed by atoms with E-state index in [1.54, 1.807) is 37.3 Å². The first-order chi connectivity index (χ1) is 12.7. The Labute approximate surface area is 166 Å². The van der Waals surface area contributed by atoms with E-state index in [1.807, 2.05) is 6.92 Å². The predicted molar refractivity (Wildman–Crippen MR) is 105 cm³/mol. The average molecular weight is 409 g/mol. The van der Waals surface area contributed by atoms with Crippen LogP contribution in [0.5, 0.6) is 5.75 Å². The standard InChI is InChI=1S/C18H19NO6S2/c1-3-10(2)15(17(23)24)19-16(22)13(27-18(19)26)8-11-5-4-6-12(7-11)25-9-14(20)21/h4-8,10,15H,3,9H2,1-2H3,(H,20,21)(H,23,24)/b13-8-. The molecule has 0 aromatic heterocycles. The summed E-state index contributed by atoms with van der Waals surface area (Å²) < 4.78 is 5.33. The van der Waals surface area contributed by atoms with Crippen molar-refractivity contribution < 1.29 is 29.3 Å². The fourth-order valence-electron chi connectivity index (χ4n) is 2.54. The molecule has 1 aliphatic heterocycles. The third kappa shape index (κ3) is 5.08. The zero-order valence-corrected chi connectivity index (χ0v) is 16.4. The van der Waals surface area contributed by atoms with Crippen LogP contribution in [0.3, 0.4) is 0 Å². The number of carbonyl (C=O) groups is 3. The van der Waals surface area contributed by atoms with Crippen molar-refractivity contribution in [1.82, 2.24) is 4.90 Å². The molecule has 2 atom stereocenters. The van der Waals surface area contributed by atoms with Crippen LogP contribution < -0.4 is 4.74 Å². The molecule has 0 bridgehead atoms. The minimum atomic E-state index is -1.09. The molecule has 2 unspecified atom stereocenters. The maximum Gasteiger partial charge on any atom is 0.341 e. The van der Waals surface area contributed by atoms with Gasteiger partial charge in [0.2, 0.25) is 0 Å². The number of nitrogens with zero attached hydrogens (tertiary/aromatic N) is 1. The van der Waals surface area contributed by atoms with Gasteiger partial charge in [0.1, 0.15) is 16.1 Å². The van der Waals surface area contributed by atoms with Crippen LogP contribution in [-0.2, 0) is 14.4 Å². The van der Waals surface area contributed by atoms with Crippen molar-refractivity contribution in [3.8, 4) is 5.75 Å². The number of carboxylic acids is 2. The third-order valence-electron chi connectivity index (χ3n) is 4.06. The second kappa shape index (κ2) is 9.01. The van der Waals surface area contributed by atoms with Crippen LogP contribution in [0.1, 0.15) is 25.8 Å². The summed E-state index contributed by atoms with van der Waals surface area (Å²) >= 11 is 6.29. The summed E-state index contributed by atoms with van der Waals surface area (Å²) in [5.74, 6) is -2.53. The lowest BCUT2D eigenvalue weighted by atomic mass is 9.98. The third-order valence-corrected chi connectivity index (χ3v) is 5.39. The molecular weight excluding hydrogens is 390 g/mol. The molecule has 1 fully saturated rings. The summed E-state index contributed by atoms with van der Waals surface area (Å²) in [7, 11) is 0. The van der Waals surface area contributed by atoms with Crippen LogP contribution in [0.25, 0.3) is 6.08 Å². The summed E-state index contributed by atoms with van der Waals surface area (Å²) in [5, 5.41) is 18.2. The number of amides is 1. The predicted octanol–water partition coefficient (Wildman–Crippen LogP) is 2.85. The highest BCUT2D eigenvalue weighted by Crippen LogP contribution is 2.36. The van der Waals surface area contributed by atoms with Gasteiger partial charge in [-0.2, -0.15) is 0 Å². The molecule has 7 nitrogen and oxygen atoms in total. The van der Waals surface area contributed by atoms with E-state index in [2.05, 4.69) is 0 Å². The van der Waals surface area contributed by atoms with E-state index in [1.165, 1.54) is 0 Å². The largest absolute Gasteiger partial charge is 0.482 e. The molecule has 1 aromatic carbocycles. The van der Waals surface area contributed by atoms with Gasteiger partial charge in [0.25, 0.3) is 5.91 Å². The Bertz CT molecular complexity index is 807. The van der Waals surface area contributed by atoms with Crippen molar-refractivity contribution in [3.63, 3.8) is 0 Å². The molecule has 144 valence electrons. The van der Waals surface area contributed by atoms with Crippen molar-refractivity contribution in [2.75, 3.05) is 6.61 Å². The van der Waals surface area contributed by atoms with Crippen LogP contribution in [0, 0.1) is 5.92 Å². The van der Waals surface area contributed by atoms with Gasteiger partial charge < -0.3 is 14.9 Å². The molecule has 9 heteroatoms. The van der Waals surface area contributed by atoms with Gasteiger partial charge in [0.15, 0.2) is 6.61 Å². The number of rotatable bonds is 8. The van der Waals surface area contributed by atoms with E-state index < -0.39 is 30.5 Å². The van der Waals surface area contributed by atoms with Gasteiger partial charge in [-0.1, -0.05) is 56.4 Å². The first-order valence-corrected chi connectivity index (χ1v) is 9.41.